The lowest BCUT2D eigenvalue weighted by Gasteiger charge is -2.09. The first-order valence-electron chi connectivity index (χ1n) is 10.2. The van der Waals surface area contributed by atoms with E-state index in [-0.39, 0.29) is 29.2 Å². The normalized spacial score (nSPS) is 11.2. The van der Waals surface area contributed by atoms with Gasteiger partial charge >= 0.3 is 11.7 Å². The summed E-state index contributed by atoms with van der Waals surface area (Å²) >= 11 is 0. The zero-order chi connectivity index (χ0) is 22.7. The molecular formula is C20H22N8O4. The lowest BCUT2D eigenvalue weighted by Crippen LogP contribution is -2.31. The van der Waals surface area contributed by atoms with Crippen molar-refractivity contribution in [1.82, 2.24) is 38.9 Å². The number of ether oxygens (including phenoxy) is 1. The van der Waals surface area contributed by atoms with E-state index in [1.807, 2.05) is 13.8 Å². The predicted molar refractivity (Wildman–Crippen MR) is 113 cm³/mol. The van der Waals surface area contributed by atoms with Gasteiger partial charge in [-0.15, -0.1) is 0 Å². The number of H-pyrrole nitrogens is 1. The van der Waals surface area contributed by atoms with E-state index >= 15 is 0 Å². The van der Waals surface area contributed by atoms with Crippen LogP contribution in [0.25, 0.3) is 17.0 Å². The molecule has 166 valence electrons. The molecule has 0 saturated heterocycles. The van der Waals surface area contributed by atoms with E-state index in [2.05, 4.69) is 25.0 Å². The Morgan fingerprint density at radius 3 is 2.78 bits per heavy atom. The molecule has 0 radical (unpaired) electrons. The number of unbranched alkanes of at least 4 members (excludes halogenated alkanes) is 1. The topological polar surface area (TPSA) is 143 Å². The molecule has 0 atom stereocenters. The molecule has 0 aromatic carbocycles. The number of rotatable bonds is 8. The molecule has 12 heteroatoms. The van der Waals surface area contributed by atoms with Crippen molar-refractivity contribution in [2.45, 2.75) is 46.4 Å². The quantitative estimate of drug-likeness (QED) is 0.402. The molecule has 4 aromatic heterocycles. The second kappa shape index (κ2) is 8.96. The molecule has 12 nitrogen and oxygen atoms in total. The number of nitrogens with zero attached hydrogens (tertiary/aromatic N) is 7. The molecule has 0 spiro atoms. The van der Waals surface area contributed by atoms with Gasteiger partial charge in [0.05, 0.1) is 0 Å². The largest absolute Gasteiger partial charge is 0.454 e. The molecule has 0 fully saturated rings. The summed E-state index contributed by atoms with van der Waals surface area (Å²) in [5.41, 5.74) is -0.267. The minimum Gasteiger partial charge on any atom is -0.454 e. The summed E-state index contributed by atoms with van der Waals surface area (Å²) in [6.07, 6.45) is 5.94. The summed E-state index contributed by atoms with van der Waals surface area (Å²) in [4.78, 5) is 52.5. The van der Waals surface area contributed by atoms with Crippen molar-refractivity contribution >= 4 is 17.1 Å². The van der Waals surface area contributed by atoms with Gasteiger partial charge in [0, 0.05) is 19.3 Å². The van der Waals surface area contributed by atoms with E-state index in [0.717, 1.165) is 12.8 Å². The summed E-state index contributed by atoms with van der Waals surface area (Å²) < 4.78 is 9.95. The number of aromatic nitrogens is 8. The number of esters is 1. The molecule has 4 aromatic rings. The van der Waals surface area contributed by atoms with Gasteiger partial charge in [0.25, 0.3) is 5.56 Å². The number of aryl methyl sites for hydroxylation is 2. The SMILES string of the molecule is CCCCn1c(=O)[nH]c(=O)c2c1nc(COC(=O)c1cccnc1-n1cncn1)n2CC. The van der Waals surface area contributed by atoms with Crippen LogP contribution in [0.2, 0.25) is 0 Å². The van der Waals surface area contributed by atoms with Gasteiger partial charge in [0.1, 0.15) is 30.6 Å². The zero-order valence-corrected chi connectivity index (χ0v) is 17.7. The first-order valence-corrected chi connectivity index (χ1v) is 10.2. The Labute approximate surface area is 181 Å². The monoisotopic (exact) mass is 438 g/mol. The number of fused-ring (bicyclic) bond motifs is 1. The third kappa shape index (κ3) is 3.82. The van der Waals surface area contributed by atoms with E-state index in [1.54, 1.807) is 16.7 Å². The smallest absolute Gasteiger partial charge is 0.342 e. The molecule has 4 rings (SSSR count). The van der Waals surface area contributed by atoms with E-state index in [9.17, 15) is 14.4 Å². The minimum atomic E-state index is -0.629. The van der Waals surface area contributed by atoms with E-state index < -0.39 is 17.2 Å². The van der Waals surface area contributed by atoms with Gasteiger partial charge in [-0.05, 0) is 25.5 Å². The van der Waals surface area contributed by atoms with Crippen LogP contribution in [0.5, 0.6) is 0 Å². The average Bonchev–Trinajstić information content (AvgIpc) is 3.45. The van der Waals surface area contributed by atoms with Crippen molar-refractivity contribution in [2.75, 3.05) is 0 Å². The molecular weight excluding hydrogens is 416 g/mol. The Kier molecular flexibility index (Phi) is 5.92. The van der Waals surface area contributed by atoms with Crippen LogP contribution in [-0.4, -0.2) is 44.8 Å². The van der Waals surface area contributed by atoms with Crippen molar-refractivity contribution in [1.29, 1.82) is 0 Å². The molecule has 1 N–H and O–H groups in total. The van der Waals surface area contributed by atoms with E-state index in [4.69, 9.17) is 4.74 Å². The van der Waals surface area contributed by atoms with Gasteiger partial charge in [-0.2, -0.15) is 5.10 Å². The lowest BCUT2D eigenvalue weighted by molar-refractivity contribution is 0.0458. The van der Waals surface area contributed by atoms with Crippen molar-refractivity contribution in [2.24, 2.45) is 0 Å². The number of pyridine rings is 1. The molecule has 4 heterocycles. The molecule has 0 bridgehead atoms. The maximum Gasteiger partial charge on any atom is 0.342 e. The van der Waals surface area contributed by atoms with Crippen LogP contribution >= 0.6 is 0 Å². The van der Waals surface area contributed by atoms with Crippen LogP contribution in [0.4, 0.5) is 0 Å². The number of carbonyl (C=O) groups is 1. The summed E-state index contributed by atoms with van der Waals surface area (Å²) in [5, 5.41) is 4.00. The number of imidazole rings is 1. The number of aromatic amines is 1. The molecule has 0 aliphatic carbocycles. The minimum absolute atomic E-state index is 0.186. The highest BCUT2D eigenvalue weighted by atomic mass is 16.5. The molecule has 0 amide bonds. The fourth-order valence-corrected chi connectivity index (χ4v) is 3.46. The third-order valence-corrected chi connectivity index (χ3v) is 4.99. The van der Waals surface area contributed by atoms with Crippen LogP contribution in [0, 0.1) is 0 Å². The molecule has 32 heavy (non-hydrogen) atoms. The van der Waals surface area contributed by atoms with Crippen LogP contribution in [0.15, 0.2) is 40.6 Å². The van der Waals surface area contributed by atoms with Gasteiger partial charge in [0.15, 0.2) is 17.0 Å². The Morgan fingerprint density at radius 1 is 1.22 bits per heavy atom. The fraction of sp³-hybridized carbons (Fsp3) is 0.350. The summed E-state index contributed by atoms with van der Waals surface area (Å²) in [6, 6.07) is 3.19. The summed E-state index contributed by atoms with van der Waals surface area (Å²) in [7, 11) is 0. The molecule has 0 aliphatic heterocycles. The van der Waals surface area contributed by atoms with Crippen LogP contribution in [0.1, 0.15) is 42.9 Å². The standard InChI is InChI=1S/C20H22N8O4/c1-3-5-9-27-17-15(18(29)25-20(27)31)26(4-2)14(24-17)10-32-19(30)13-7-6-8-22-16(13)28-12-21-11-23-28/h6-8,11-12H,3-5,9-10H2,1-2H3,(H,25,29,31). The maximum atomic E-state index is 12.8. The van der Waals surface area contributed by atoms with Crippen molar-refractivity contribution in [3.8, 4) is 5.82 Å². The fourth-order valence-electron chi connectivity index (χ4n) is 3.46. The first-order chi connectivity index (χ1) is 15.5. The van der Waals surface area contributed by atoms with Gasteiger partial charge in [-0.1, -0.05) is 13.3 Å². The highest BCUT2D eigenvalue weighted by Crippen LogP contribution is 2.16. The predicted octanol–water partition coefficient (Wildman–Crippen LogP) is 1.04. The van der Waals surface area contributed by atoms with Crippen molar-refractivity contribution in [3.63, 3.8) is 0 Å². The summed E-state index contributed by atoms with van der Waals surface area (Å²) in [6.45, 7) is 4.51. The number of carbonyl (C=O) groups excluding carboxylic acids is 1. The first kappa shape index (κ1) is 21.2. The van der Waals surface area contributed by atoms with Crippen molar-refractivity contribution < 1.29 is 9.53 Å². The third-order valence-electron chi connectivity index (χ3n) is 4.99. The van der Waals surface area contributed by atoms with E-state index in [1.165, 1.54) is 28.1 Å². The van der Waals surface area contributed by atoms with Gasteiger partial charge < -0.3 is 9.30 Å². The Morgan fingerprint density at radius 2 is 2.06 bits per heavy atom. The maximum absolute atomic E-state index is 12.8. The van der Waals surface area contributed by atoms with Crippen LogP contribution in [0.3, 0.4) is 0 Å². The number of hydrogen-bond acceptors (Lipinski definition) is 8. The zero-order valence-electron chi connectivity index (χ0n) is 17.7. The summed E-state index contributed by atoms with van der Waals surface area (Å²) in [5.74, 6) is 0.0165. The van der Waals surface area contributed by atoms with Crippen LogP contribution in [-0.2, 0) is 24.4 Å². The number of hydrogen-bond donors (Lipinski definition) is 1. The molecule has 0 aliphatic rings. The molecule has 0 unspecified atom stereocenters. The highest BCUT2D eigenvalue weighted by Gasteiger charge is 2.20. The van der Waals surface area contributed by atoms with Crippen molar-refractivity contribution in [3.05, 3.63) is 63.2 Å². The average molecular weight is 438 g/mol. The second-order valence-electron chi connectivity index (χ2n) is 7.00. The Bertz CT molecular complexity index is 1370. The van der Waals surface area contributed by atoms with Gasteiger partial charge in [0.2, 0.25) is 0 Å². The highest BCUT2D eigenvalue weighted by molar-refractivity contribution is 5.92. The van der Waals surface area contributed by atoms with Crippen LogP contribution < -0.4 is 11.2 Å². The number of nitrogens with one attached hydrogen (secondary N) is 1. The van der Waals surface area contributed by atoms with E-state index in [0.29, 0.717) is 18.9 Å². The second-order valence-corrected chi connectivity index (χ2v) is 7.00. The van der Waals surface area contributed by atoms with Gasteiger partial charge in [-0.25, -0.2) is 29.2 Å². The van der Waals surface area contributed by atoms with Gasteiger partial charge in [-0.3, -0.25) is 14.3 Å². The Hall–Kier alpha value is -4.09. The lowest BCUT2D eigenvalue weighted by atomic mass is 10.2. The Balaban J connectivity index is 1.67. The molecule has 0 saturated carbocycles.